The molecule has 2 aromatic rings. The lowest BCUT2D eigenvalue weighted by Crippen LogP contribution is -2.21. The fraction of sp³-hybridized carbons (Fsp3) is 0.357. The highest BCUT2D eigenvalue weighted by Gasteiger charge is 2.11. The van der Waals surface area contributed by atoms with Crippen LogP contribution in [0.15, 0.2) is 24.4 Å². The van der Waals surface area contributed by atoms with Gasteiger partial charge in [-0.25, -0.2) is 8.78 Å². The van der Waals surface area contributed by atoms with Crippen molar-refractivity contribution in [3.8, 4) is 0 Å². The molecule has 2 N–H and O–H groups in total. The van der Waals surface area contributed by atoms with E-state index in [-0.39, 0.29) is 6.54 Å². The van der Waals surface area contributed by atoms with Gasteiger partial charge in [0.2, 0.25) is 0 Å². The summed E-state index contributed by atoms with van der Waals surface area (Å²) < 4.78 is 27.6. The smallest absolute Gasteiger partial charge is 0.159 e. The molecule has 0 spiro atoms. The summed E-state index contributed by atoms with van der Waals surface area (Å²) in [6.45, 7) is 2.76. The lowest BCUT2D eigenvalue weighted by molar-refractivity contribution is 0.173. The van der Waals surface area contributed by atoms with E-state index in [2.05, 4.69) is 10.4 Å². The SMILES string of the molecule is Cc1c(CNCC(O)c2ccc(F)c(F)c2)cnn1C. The Morgan fingerprint density at radius 3 is 2.70 bits per heavy atom. The van der Waals surface area contributed by atoms with Crippen LogP contribution in [0.3, 0.4) is 0 Å². The molecule has 1 aromatic heterocycles. The van der Waals surface area contributed by atoms with Crippen molar-refractivity contribution in [2.75, 3.05) is 6.54 Å². The van der Waals surface area contributed by atoms with E-state index in [1.165, 1.54) is 6.07 Å². The Hall–Kier alpha value is -1.79. The van der Waals surface area contributed by atoms with Gasteiger partial charge in [0.15, 0.2) is 11.6 Å². The number of halogens is 2. The third kappa shape index (κ3) is 3.20. The summed E-state index contributed by atoms with van der Waals surface area (Å²) in [4.78, 5) is 0. The molecule has 0 aliphatic carbocycles. The summed E-state index contributed by atoms with van der Waals surface area (Å²) in [5.74, 6) is -1.87. The van der Waals surface area contributed by atoms with Gasteiger partial charge in [-0.15, -0.1) is 0 Å². The molecule has 2 rings (SSSR count). The Morgan fingerprint density at radius 1 is 1.35 bits per heavy atom. The molecule has 1 unspecified atom stereocenters. The van der Waals surface area contributed by atoms with Crippen molar-refractivity contribution in [3.05, 3.63) is 52.9 Å². The minimum atomic E-state index is -0.954. The number of aromatic nitrogens is 2. The molecule has 20 heavy (non-hydrogen) atoms. The predicted octanol–water partition coefficient (Wildman–Crippen LogP) is 1.83. The van der Waals surface area contributed by atoms with E-state index in [0.717, 1.165) is 23.4 Å². The maximum absolute atomic E-state index is 13.1. The van der Waals surface area contributed by atoms with Gasteiger partial charge in [0.05, 0.1) is 12.3 Å². The van der Waals surface area contributed by atoms with Gasteiger partial charge in [-0.1, -0.05) is 6.07 Å². The summed E-state index contributed by atoms with van der Waals surface area (Å²) in [5.41, 5.74) is 2.42. The summed E-state index contributed by atoms with van der Waals surface area (Å²) in [7, 11) is 1.86. The van der Waals surface area contributed by atoms with Crippen molar-refractivity contribution in [2.24, 2.45) is 7.05 Å². The van der Waals surface area contributed by atoms with Crippen LogP contribution < -0.4 is 5.32 Å². The molecule has 4 nitrogen and oxygen atoms in total. The number of aliphatic hydroxyl groups is 1. The molecule has 1 atom stereocenters. The normalized spacial score (nSPS) is 12.7. The topological polar surface area (TPSA) is 50.1 Å². The van der Waals surface area contributed by atoms with Crippen LogP contribution in [0.25, 0.3) is 0 Å². The minimum Gasteiger partial charge on any atom is -0.387 e. The Balaban J connectivity index is 1.90. The van der Waals surface area contributed by atoms with Crippen LogP contribution in [0.1, 0.15) is 22.9 Å². The standard InChI is InChI=1S/C14H17F2N3O/c1-9-11(7-18-19(9)2)6-17-8-14(20)10-3-4-12(15)13(16)5-10/h3-5,7,14,17,20H,6,8H2,1-2H3. The summed E-state index contributed by atoms with van der Waals surface area (Å²) >= 11 is 0. The largest absolute Gasteiger partial charge is 0.387 e. The van der Waals surface area contributed by atoms with Gasteiger partial charge in [0.1, 0.15) is 0 Å². The summed E-state index contributed by atoms with van der Waals surface area (Å²) in [5, 5.41) is 17.1. The Bertz CT molecular complexity index is 598. The van der Waals surface area contributed by atoms with E-state index < -0.39 is 17.7 Å². The maximum atomic E-state index is 13.1. The van der Waals surface area contributed by atoms with Crippen molar-refractivity contribution in [2.45, 2.75) is 19.6 Å². The van der Waals surface area contributed by atoms with Crippen LogP contribution in [0, 0.1) is 18.6 Å². The van der Waals surface area contributed by atoms with E-state index in [1.807, 2.05) is 14.0 Å². The molecule has 0 saturated heterocycles. The molecule has 108 valence electrons. The van der Waals surface area contributed by atoms with Crippen LogP contribution in [0.4, 0.5) is 8.78 Å². The van der Waals surface area contributed by atoms with E-state index in [1.54, 1.807) is 10.9 Å². The molecule has 0 radical (unpaired) electrons. The van der Waals surface area contributed by atoms with Crippen LogP contribution in [-0.2, 0) is 13.6 Å². The second kappa shape index (κ2) is 6.11. The monoisotopic (exact) mass is 281 g/mol. The van der Waals surface area contributed by atoms with Crippen molar-refractivity contribution in [3.63, 3.8) is 0 Å². The number of benzene rings is 1. The second-order valence-electron chi connectivity index (χ2n) is 4.70. The quantitative estimate of drug-likeness (QED) is 0.879. The van der Waals surface area contributed by atoms with Gasteiger partial charge in [0, 0.05) is 31.4 Å². The fourth-order valence-electron chi connectivity index (χ4n) is 1.90. The first-order chi connectivity index (χ1) is 9.49. The second-order valence-corrected chi connectivity index (χ2v) is 4.70. The van der Waals surface area contributed by atoms with Crippen LogP contribution in [0.5, 0.6) is 0 Å². The van der Waals surface area contributed by atoms with Crippen LogP contribution >= 0.6 is 0 Å². The van der Waals surface area contributed by atoms with Gasteiger partial charge in [0.25, 0.3) is 0 Å². The Labute approximate surface area is 116 Å². The highest BCUT2D eigenvalue weighted by Crippen LogP contribution is 2.16. The van der Waals surface area contributed by atoms with E-state index in [4.69, 9.17) is 0 Å². The molecule has 0 bridgehead atoms. The molecular formula is C14H17F2N3O. The molecule has 6 heteroatoms. The number of nitrogens with zero attached hydrogens (tertiary/aromatic N) is 2. The van der Waals surface area contributed by atoms with Crippen molar-refractivity contribution in [1.29, 1.82) is 0 Å². The van der Waals surface area contributed by atoms with Crippen LogP contribution in [0.2, 0.25) is 0 Å². The lowest BCUT2D eigenvalue weighted by Gasteiger charge is -2.12. The zero-order valence-corrected chi connectivity index (χ0v) is 11.4. The first-order valence-electron chi connectivity index (χ1n) is 6.30. The third-order valence-electron chi connectivity index (χ3n) is 3.32. The predicted molar refractivity (Wildman–Crippen MR) is 71.0 cm³/mol. The number of hydrogen-bond acceptors (Lipinski definition) is 3. The third-order valence-corrected chi connectivity index (χ3v) is 3.32. The molecule has 0 amide bonds. The molecule has 0 aliphatic heterocycles. The van der Waals surface area contributed by atoms with E-state index in [9.17, 15) is 13.9 Å². The molecule has 0 aliphatic rings. The first-order valence-corrected chi connectivity index (χ1v) is 6.30. The average Bonchev–Trinajstić information content (AvgIpc) is 2.73. The lowest BCUT2D eigenvalue weighted by atomic mass is 10.1. The zero-order valence-electron chi connectivity index (χ0n) is 11.4. The van der Waals surface area contributed by atoms with Crippen molar-refractivity contribution in [1.82, 2.24) is 15.1 Å². The molecule has 0 saturated carbocycles. The molecular weight excluding hydrogens is 264 g/mol. The molecule has 1 heterocycles. The van der Waals surface area contributed by atoms with Gasteiger partial charge in [-0.05, 0) is 24.6 Å². The maximum Gasteiger partial charge on any atom is 0.159 e. The van der Waals surface area contributed by atoms with E-state index in [0.29, 0.717) is 12.1 Å². The van der Waals surface area contributed by atoms with Gasteiger partial charge in [-0.2, -0.15) is 5.10 Å². The minimum absolute atomic E-state index is 0.249. The van der Waals surface area contributed by atoms with Crippen molar-refractivity contribution < 1.29 is 13.9 Å². The van der Waals surface area contributed by atoms with E-state index >= 15 is 0 Å². The number of hydrogen-bond donors (Lipinski definition) is 2. The summed E-state index contributed by atoms with van der Waals surface area (Å²) in [6.07, 6.45) is 0.869. The first kappa shape index (κ1) is 14.6. The number of rotatable bonds is 5. The molecule has 1 aromatic carbocycles. The number of aliphatic hydroxyl groups excluding tert-OH is 1. The number of nitrogens with one attached hydrogen (secondary N) is 1. The Morgan fingerprint density at radius 2 is 2.10 bits per heavy atom. The summed E-state index contributed by atoms with van der Waals surface area (Å²) in [6, 6.07) is 3.40. The highest BCUT2D eigenvalue weighted by molar-refractivity contribution is 5.20. The fourth-order valence-corrected chi connectivity index (χ4v) is 1.90. The highest BCUT2D eigenvalue weighted by atomic mass is 19.2. The zero-order chi connectivity index (χ0) is 14.7. The van der Waals surface area contributed by atoms with Crippen LogP contribution in [-0.4, -0.2) is 21.4 Å². The Kier molecular flexibility index (Phi) is 4.46. The van der Waals surface area contributed by atoms with Gasteiger partial charge in [-0.3, -0.25) is 4.68 Å². The molecule has 0 fully saturated rings. The van der Waals surface area contributed by atoms with Crippen molar-refractivity contribution >= 4 is 0 Å². The average molecular weight is 281 g/mol. The number of aryl methyl sites for hydroxylation is 1. The van der Waals surface area contributed by atoms with Gasteiger partial charge >= 0.3 is 0 Å². The van der Waals surface area contributed by atoms with Gasteiger partial charge < -0.3 is 10.4 Å².